The predicted molar refractivity (Wildman–Crippen MR) is 51.3 cm³/mol. The van der Waals surface area contributed by atoms with Gasteiger partial charge in [-0.3, -0.25) is 0 Å². The van der Waals surface area contributed by atoms with Crippen LogP contribution in [0.4, 0.5) is 0 Å². The van der Waals surface area contributed by atoms with E-state index in [2.05, 4.69) is 0 Å². The summed E-state index contributed by atoms with van der Waals surface area (Å²) in [4.78, 5) is 0. The van der Waals surface area contributed by atoms with Crippen molar-refractivity contribution in [1.29, 1.82) is 0 Å². The minimum Gasteiger partial charge on any atom is -0.504 e. The molecular formula is C8H12ClNO3. The minimum atomic E-state index is -0.523. The Hall–Kier alpha value is -1.13. The summed E-state index contributed by atoms with van der Waals surface area (Å²) in [6.45, 7) is 1.67. The maximum Gasteiger partial charge on any atom is 0.200 e. The highest BCUT2D eigenvalue weighted by Crippen LogP contribution is 2.38. The lowest BCUT2D eigenvalue weighted by molar-refractivity contribution is 0.363. The number of phenols is 3. The topological polar surface area (TPSA) is 86.7 Å². The van der Waals surface area contributed by atoms with Gasteiger partial charge in [-0.2, -0.15) is 0 Å². The monoisotopic (exact) mass is 205 g/mol. The molecule has 1 aromatic carbocycles. The first-order valence-electron chi connectivity index (χ1n) is 3.53. The van der Waals surface area contributed by atoms with Gasteiger partial charge in [-0.1, -0.05) is 0 Å². The largest absolute Gasteiger partial charge is 0.504 e. The van der Waals surface area contributed by atoms with Gasteiger partial charge < -0.3 is 21.1 Å². The third kappa shape index (κ3) is 2.17. The highest BCUT2D eigenvalue weighted by Gasteiger charge is 2.12. The number of aromatic hydroxyl groups is 3. The van der Waals surface area contributed by atoms with Crippen LogP contribution in [0.25, 0.3) is 0 Å². The first-order valence-corrected chi connectivity index (χ1v) is 3.53. The molecule has 74 valence electrons. The van der Waals surface area contributed by atoms with E-state index in [-0.39, 0.29) is 29.9 Å². The first-order chi connectivity index (χ1) is 5.54. The number of phenolic OH excluding ortho intramolecular Hbond substituents is 3. The molecule has 0 radical (unpaired) electrons. The van der Waals surface area contributed by atoms with Gasteiger partial charge in [0.1, 0.15) is 0 Å². The van der Waals surface area contributed by atoms with Crippen molar-refractivity contribution >= 4 is 12.4 Å². The summed E-state index contributed by atoms with van der Waals surface area (Å²) in [5.74, 6) is -1.23. The van der Waals surface area contributed by atoms with E-state index >= 15 is 0 Å². The highest BCUT2D eigenvalue weighted by atomic mass is 35.5. The molecule has 0 aromatic heterocycles. The summed E-state index contributed by atoms with van der Waals surface area (Å²) >= 11 is 0. The van der Waals surface area contributed by atoms with Crippen LogP contribution in [0.2, 0.25) is 0 Å². The van der Waals surface area contributed by atoms with Crippen LogP contribution in [0.15, 0.2) is 12.1 Å². The Kier molecular flexibility index (Phi) is 3.84. The fourth-order valence-corrected chi connectivity index (χ4v) is 0.952. The Morgan fingerprint density at radius 2 is 1.69 bits per heavy atom. The molecule has 1 rings (SSSR count). The van der Waals surface area contributed by atoms with Gasteiger partial charge in [-0.05, 0) is 19.1 Å². The molecule has 0 aliphatic heterocycles. The first kappa shape index (κ1) is 11.9. The van der Waals surface area contributed by atoms with Crippen molar-refractivity contribution in [3.05, 3.63) is 17.7 Å². The summed E-state index contributed by atoms with van der Waals surface area (Å²) in [5, 5.41) is 27.3. The second kappa shape index (κ2) is 4.20. The lowest BCUT2D eigenvalue weighted by atomic mass is 10.1. The quantitative estimate of drug-likeness (QED) is 0.520. The second-order valence-electron chi connectivity index (χ2n) is 2.66. The molecular weight excluding hydrogens is 194 g/mol. The smallest absolute Gasteiger partial charge is 0.200 e. The zero-order valence-electron chi connectivity index (χ0n) is 7.06. The van der Waals surface area contributed by atoms with Crippen LogP contribution in [0.5, 0.6) is 17.2 Å². The highest BCUT2D eigenvalue weighted by molar-refractivity contribution is 5.85. The zero-order chi connectivity index (χ0) is 9.30. The SMILES string of the molecule is C[C@H](N)c1ccc(O)c(O)c1O.Cl. The van der Waals surface area contributed by atoms with E-state index in [1.807, 2.05) is 0 Å². The number of nitrogens with two attached hydrogens (primary N) is 1. The summed E-state index contributed by atoms with van der Waals surface area (Å²) in [6.07, 6.45) is 0. The van der Waals surface area contributed by atoms with Gasteiger partial charge in [-0.15, -0.1) is 12.4 Å². The van der Waals surface area contributed by atoms with Crippen molar-refractivity contribution in [3.63, 3.8) is 0 Å². The zero-order valence-corrected chi connectivity index (χ0v) is 7.88. The minimum absolute atomic E-state index is 0. The molecule has 0 heterocycles. The molecule has 1 atom stereocenters. The maximum absolute atomic E-state index is 9.26. The number of hydrogen-bond donors (Lipinski definition) is 4. The van der Waals surface area contributed by atoms with Crippen molar-refractivity contribution < 1.29 is 15.3 Å². The average molecular weight is 206 g/mol. The lowest BCUT2D eigenvalue weighted by Gasteiger charge is -2.09. The Morgan fingerprint density at radius 1 is 1.15 bits per heavy atom. The normalized spacial score (nSPS) is 11.8. The summed E-state index contributed by atoms with van der Waals surface area (Å²) in [5.41, 5.74) is 5.89. The molecule has 5 heteroatoms. The number of rotatable bonds is 1. The number of benzene rings is 1. The van der Waals surface area contributed by atoms with Crippen LogP contribution in [0, 0.1) is 0 Å². The van der Waals surface area contributed by atoms with Gasteiger partial charge in [0.05, 0.1) is 0 Å². The van der Waals surface area contributed by atoms with Crippen LogP contribution in [-0.2, 0) is 0 Å². The van der Waals surface area contributed by atoms with Crippen LogP contribution >= 0.6 is 12.4 Å². The Labute approximate surface area is 82.0 Å². The lowest BCUT2D eigenvalue weighted by Crippen LogP contribution is -2.04. The Bertz CT molecular complexity index is 302. The third-order valence-electron chi connectivity index (χ3n) is 1.65. The molecule has 0 bridgehead atoms. The number of halogens is 1. The van der Waals surface area contributed by atoms with Crippen molar-refractivity contribution in [1.82, 2.24) is 0 Å². The van der Waals surface area contributed by atoms with Crippen molar-refractivity contribution in [2.45, 2.75) is 13.0 Å². The maximum atomic E-state index is 9.26. The molecule has 13 heavy (non-hydrogen) atoms. The van der Waals surface area contributed by atoms with Gasteiger partial charge in [0.25, 0.3) is 0 Å². The Morgan fingerprint density at radius 3 is 2.15 bits per heavy atom. The molecule has 5 N–H and O–H groups in total. The van der Waals surface area contributed by atoms with E-state index < -0.39 is 5.75 Å². The molecule has 0 fully saturated rings. The van der Waals surface area contributed by atoms with Gasteiger partial charge >= 0.3 is 0 Å². The van der Waals surface area contributed by atoms with Gasteiger partial charge in [0.15, 0.2) is 11.5 Å². The van der Waals surface area contributed by atoms with Gasteiger partial charge in [0.2, 0.25) is 5.75 Å². The van der Waals surface area contributed by atoms with Crippen LogP contribution in [-0.4, -0.2) is 15.3 Å². The summed E-state index contributed by atoms with van der Waals surface area (Å²) < 4.78 is 0. The molecule has 0 saturated carbocycles. The fraction of sp³-hybridized carbons (Fsp3) is 0.250. The molecule has 1 aromatic rings. The van der Waals surface area contributed by atoms with Gasteiger partial charge in [0, 0.05) is 11.6 Å². The van der Waals surface area contributed by atoms with Crippen molar-refractivity contribution in [2.24, 2.45) is 5.73 Å². The third-order valence-corrected chi connectivity index (χ3v) is 1.65. The molecule has 0 unspecified atom stereocenters. The number of hydrogen-bond acceptors (Lipinski definition) is 4. The fourth-order valence-electron chi connectivity index (χ4n) is 0.952. The second-order valence-corrected chi connectivity index (χ2v) is 2.66. The molecule has 4 nitrogen and oxygen atoms in total. The van der Waals surface area contributed by atoms with Crippen LogP contribution in [0.3, 0.4) is 0 Å². The van der Waals surface area contributed by atoms with Crippen molar-refractivity contribution in [2.75, 3.05) is 0 Å². The van der Waals surface area contributed by atoms with E-state index in [9.17, 15) is 5.11 Å². The summed E-state index contributed by atoms with van der Waals surface area (Å²) in [7, 11) is 0. The van der Waals surface area contributed by atoms with Crippen molar-refractivity contribution in [3.8, 4) is 17.2 Å². The molecule has 0 aliphatic carbocycles. The van der Waals surface area contributed by atoms with Gasteiger partial charge in [-0.25, -0.2) is 0 Å². The van der Waals surface area contributed by atoms with E-state index in [4.69, 9.17) is 15.9 Å². The predicted octanol–water partition coefficient (Wildman–Crippen LogP) is 1.24. The molecule has 0 saturated heterocycles. The van der Waals surface area contributed by atoms with E-state index in [1.54, 1.807) is 6.92 Å². The van der Waals surface area contributed by atoms with Crippen LogP contribution in [0.1, 0.15) is 18.5 Å². The molecule has 0 spiro atoms. The van der Waals surface area contributed by atoms with Crippen LogP contribution < -0.4 is 5.73 Å². The Balaban J connectivity index is 0.00000144. The summed E-state index contributed by atoms with van der Waals surface area (Å²) in [6, 6.07) is 2.37. The van der Waals surface area contributed by atoms with E-state index in [0.717, 1.165) is 0 Å². The molecule has 0 amide bonds. The molecule has 0 aliphatic rings. The van der Waals surface area contributed by atoms with E-state index in [0.29, 0.717) is 5.56 Å². The average Bonchev–Trinajstić information content (AvgIpc) is 2.00. The van der Waals surface area contributed by atoms with E-state index in [1.165, 1.54) is 12.1 Å². The standard InChI is InChI=1S/C8H11NO3.ClH/c1-4(9)5-2-3-6(10)8(12)7(5)11;/h2-4,10-12H,9H2,1H3;1H/t4-;/m0./s1.